The number of nitrogens with zero attached hydrogens (tertiary/aromatic N) is 1. The predicted octanol–water partition coefficient (Wildman–Crippen LogP) is 3.47. The lowest BCUT2D eigenvalue weighted by Gasteiger charge is -2.04. The Labute approximate surface area is 103 Å². The molecule has 0 spiro atoms. The van der Waals surface area contributed by atoms with Crippen LogP contribution in [0.5, 0.6) is 0 Å². The molecule has 0 aliphatic carbocycles. The minimum absolute atomic E-state index is 0.931. The summed E-state index contributed by atoms with van der Waals surface area (Å²) in [6, 6.07) is 4.30. The molecule has 3 heteroatoms. The highest BCUT2D eigenvalue weighted by Gasteiger charge is 1.96. The van der Waals surface area contributed by atoms with Crippen LogP contribution in [0, 0.1) is 0 Å². The molecule has 16 heavy (non-hydrogen) atoms. The number of pyridine rings is 1. The van der Waals surface area contributed by atoms with Crippen molar-refractivity contribution in [3.8, 4) is 0 Å². The van der Waals surface area contributed by atoms with Crippen LogP contribution in [-0.2, 0) is 6.54 Å². The Morgan fingerprint density at radius 3 is 2.75 bits per heavy atom. The summed E-state index contributed by atoms with van der Waals surface area (Å²) in [5.41, 5.74) is 1.27. The molecule has 0 aliphatic heterocycles. The summed E-state index contributed by atoms with van der Waals surface area (Å²) < 4.78 is 0. The summed E-state index contributed by atoms with van der Waals surface area (Å²) in [5, 5.41) is 4.52. The van der Waals surface area contributed by atoms with Crippen LogP contribution < -0.4 is 5.32 Å². The van der Waals surface area contributed by atoms with Crippen molar-refractivity contribution in [3.63, 3.8) is 0 Å². The highest BCUT2D eigenvalue weighted by molar-refractivity contribution is 7.99. The van der Waals surface area contributed by atoms with Crippen molar-refractivity contribution in [2.75, 3.05) is 12.3 Å². The van der Waals surface area contributed by atoms with Gasteiger partial charge in [0, 0.05) is 12.7 Å². The second-order valence-electron chi connectivity index (χ2n) is 3.88. The summed E-state index contributed by atoms with van der Waals surface area (Å²) in [7, 11) is 0. The monoisotopic (exact) mass is 238 g/mol. The van der Waals surface area contributed by atoms with E-state index in [1.807, 2.05) is 18.0 Å². The maximum Gasteiger partial charge on any atom is 0.0960 e. The number of rotatable bonds is 8. The van der Waals surface area contributed by atoms with Crippen LogP contribution in [0.4, 0.5) is 0 Å². The maximum absolute atomic E-state index is 4.45. The molecule has 0 bridgehead atoms. The average Bonchev–Trinajstić information content (AvgIpc) is 2.32. The average molecular weight is 238 g/mol. The Balaban J connectivity index is 2.30. The number of hydrogen-bond donors (Lipinski definition) is 1. The normalized spacial score (nSPS) is 10.6. The summed E-state index contributed by atoms with van der Waals surface area (Å²) in [6.45, 7) is 6.41. The molecule has 0 saturated carbocycles. The van der Waals surface area contributed by atoms with Crippen LogP contribution in [0.25, 0.3) is 0 Å². The fraction of sp³-hybridized carbons (Fsp3) is 0.615. The third-order valence-corrected chi connectivity index (χ3v) is 3.33. The van der Waals surface area contributed by atoms with E-state index in [1.54, 1.807) is 0 Å². The van der Waals surface area contributed by atoms with Gasteiger partial charge in [-0.15, -0.1) is 11.8 Å². The van der Waals surface area contributed by atoms with Gasteiger partial charge in [-0.2, -0.15) is 0 Å². The molecule has 2 nitrogen and oxygen atoms in total. The lowest BCUT2D eigenvalue weighted by atomic mass is 10.3. The van der Waals surface area contributed by atoms with Crippen LogP contribution in [0.3, 0.4) is 0 Å². The fourth-order valence-corrected chi connectivity index (χ4v) is 2.27. The van der Waals surface area contributed by atoms with E-state index in [4.69, 9.17) is 0 Å². The first-order chi connectivity index (χ1) is 7.86. The van der Waals surface area contributed by atoms with Gasteiger partial charge in [-0.25, -0.2) is 4.98 Å². The number of nitrogens with one attached hydrogen (secondary N) is 1. The van der Waals surface area contributed by atoms with Crippen molar-refractivity contribution in [1.29, 1.82) is 0 Å². The van der Waals surface area contributed by atoms with Gasteiger partial charge in [-0.1, -0.05) is 26.3 Å². The van der Waals surface area contributed by atoms with Crippen molar-refractivity contribution in [2.24, 2.45) is 0 Å². The molecular weight excluding hydrogens is 216 g/mol. The summed E-state index contributed by atoms with van der Waals surface area (Å²) >= 11 is 1.85. The quantitative estimate of drug-likeness (QED) is 0.554. The Morgan fingerprint density at radius 2 is 2.12 bits per heavy atom. The molecule has 1 rings (SSSR count). The highest BCUT2D eigenvalue weighted by Crippen LogP contribution is 2.16. The maximum atomic E-state index is 4.45. The van der Waals surface area contributed by atoms with Crippen LogP contribution in [-0.4, -0.2) is 17.3 Å². The molecule has 0 saturated heterocycles. The largest absolute Gasteiger partial charge is 0.313 e. The van der Waals surface area contributed by atoms with E-state index in [2.05, 4.69) is 36.3 Å². The van der Waals surface area contributed by atoms with E-state index in [1.165, 1.54) is 30.6 Å². The molecule has 0 radical (unpaired) electrons. The van der Waals surface area contributed by atoms with E-state index >= 15 is 0 Å². The summed E-state index contributed by atoms with van der Waals surface area (Å²) in [6.07, 6.45) is 5.69. The first kappa shape index (κ1) is 13.5. The van der Waals surface area contributed by atoms with E-state index in [-0.39, 0.29) is 0 Å². The second kappa shape index (κ2) is 8.59. The smallest absolute Gasteiger partial charge is 0.0960 e. The third-order valence-electron chi connectivity index (χ3n) is 2.30. The SMILES string of the molecule is CCCCSc1ccc(CNCCC)cn1. The highest BCUT2D eigenvalue weighted by atomic mass is 32.2. The number of unbranched alkanes of at least 4 members (excludes halogenated alkanes) is 1. The van der Waals surface area contributed by atoms with E-state index < -0.39 is 0 Å². The molecule has 1 heterocycles. The Hall–Kier alpha value is -0.540. The van der Waals surface area contributed by atoms with Gasteiger partial charge >= 0.3 is 0 Å². The van der Waals surface area contributed by atoms with Gasteiger partial charge in [-0.05, 0) is 36.8 Å². The van der Waals surface area contributed by atoms with Crippen molar-refractivity contribution in [3.05, 3.63) is 23.9 Å². The van der Waals surface area contributed by atoms with Crippen molar-refractivity contribution >= 4 is 11.8 Å². The Kier molecular flexibility index (Phi) is 7.26. The van der Waals surface area contributed by atoms with Crippen LogP contribution >= 0.6 is 11.8 Å². The van der Waals surface area contributed by atoms with Crippen molar-refractivity contribution in [2.45, 2.75) is 44.7 Å². The lowest BCUT2D eigenvalue weighted by molar-refractivity contribution is 0.673. The summed E-state index contributed by atoms with van der Waals surface area (Å²) in [5.74, 6) is 1.18. The number of hydrogen-bond acceptors (Lipinski definition) is 3. The van der Waals surface area contributed by atoms with Gasteiger partial charge < -0.3 is 5.32 Å². The third kappa shape index (κ3) is 5.52. The topological polar surface area (TPSA) is 24.9 Å². The lowest BCUT2D eigenvalue weighted by Crippen LogP contribution is -2.13. The van der Waals surface area contributed by atoms with Gasteiger partial charge in [0.1, 0.15) is 0 Å². The van der Waals surface area contributed by atoms with Gasteiger partial charge in [-0.3, -0.25) is 0 Å². The standard InChI is InChI=1S/C13H22N2S/c1-3-5-9-16-13-7-6-12(11-15-13)10-14-8-4-2/h6-7,11,14H,3-5,8-10H2,1-2H3. The molecular formula is C13H22N2S. The van der Waals surface area contributed by atoms with Crippen molar-refractivity contribution in [1.82, 2.24) is 10.3 Å². The minimum atomic E-state index is 0.931. The van der Waals surface area contributed by atoms with Gasteiger partial charge in [0.15, 0.2) is 0 Å². The molecule has 0 aromatic carbocycles. The van der Waals surface area contributed by atoms with Gasteiger partial charge in [0.2, 0.25) is 0 Å². The molecule has 0 aliphatic rings. The first-order valence-corrected chi connectivity index (χ1v) is 7.13. The zero-order valence-electron chi connectivity index (χ0n) is 10.3. The molecule has 0 unspecified atom stereocenters. The van der Waals surface area contributed by atoms with Crippen LogP contribution in [0.1, 0.15) is 38.7 Å². The van der Waals surface area contributed by atoms with Crippen LogP contribution in [0.15, 0.2) is 23.4 Å². The molecule has 0 amide bonds. The zero-order chi connectivity index (χ0) is 11.6. The fourth-order valence-electron chi connectivity index (χ4n) is 1.33. The molecule has 90 valence electrons. The Bertz CT molecular complexity index is 243. The van der Waals surface area contributed by atoms with Gasteiger partial charge in [0.25, 0.3) is 0 Å². The molecule has 0 fully saturated rings. The minimum Gasteiger partial charge on any atom is -0.313 e. The molecule has 1 aromatic rings. The van der Waals surface area contributed by atoms with E-state index in [0.29, 0.717) is 0 Å². The predicted molar refractivity (Wildman–Crippen MR) is 71.9 cm³/mol. The van der Waals surface area contributed by atoms with Gasteiger partial charge in [0.05, 0.1) is 5.03 Å². The molecule has 0 atom stereocenters. The van der Waals surface area contributed by atoms with E-state index in [9.17, 15) is 0 Å². The number of thioether (sulfide) groups is 1. The van der Waals surface area contributed by atoms with Crippen molar-refractivity contribution < 1.29 is 0 Å². The van der Waals surface area contributed by atoms with Crippen LogP contribution in [0.2, 0.25) is 0 Å². The number of aromatic nitrogens is 1. The Morgan fingerprint density at radius 1 is 1.25 bits per heavy atom. The van der Waals surface area contributed by atoms with E-state index in [0.717, 1.165) is 18.1 Å². The molecule has 1 aromatic heterocycles. The molecule has 1 N–H and O–H groups in total. The zero-order valence-corrected chi connectivity index (χ0v) is 11.1. The summed E-state index contributed by atoms with van der Waals surface area (Å²) in [4.78, 5) is 4.45. The first-order valence-electron chi connectivity index (χ1n) is 6.15. The second-order valence-corrected chi connectivity index (χ2v) is 5.00.